The van der Waals surface area contributed by atoms with Crippen molar-refractivity contribution in [1.29, 1.82) is 0 Å². The predicted octanol–water partition coefficient (Wildman–Crippen LogP) is 3.83. The van der Waals surface area contributed by atoms with Crippen LogP contribution in [-0.4, -0.2) is 49.8 Å². The summed E-state index contributed by atoms with van der Waals surface area (Å²) in [6.07, 6.45) is 8.07. The summed E-state index contributed by atoms with van der Waals surface area (Å²) in [6, 6.07) is 11.2. The third-order valence-electron chi connectivity index (χ3n) is 6.57. The highest BCUT2D eigenvalue weighted by molar-refractivity contribution is 7.71. The molecule has 2 aliphatic heterocycles. The Balaban J connectivity index is 1.45. The van der Waals surface area contributed by atoms with Crippen LogP contribution < -0.4 is 0 Å². The lowest BCUT2D eigenvalue weighted by molar-refractivity contribution is 0.157. The minimum absolute atomic E-state index is 0.740. The van der Waals surface area contributed by atoms with Crippen molar-refractivity contribution in [2.45, 2.75) is 57.8 Å². The third-order valence-corrected chi connectivity index (χ3v) is 6.97. The quantitative estimate of drug-likeness (QED) is 0.734. The molecule has 1 aromatic heterocycles. The normalized spacial score (nSPS) is 26.1. The van der Waals surface area contributed by atoms with E-state index in [1.165, 1.54) is 58.2 Å². The van der Waals surface area contributed by atoms with Crippen molar-refractivity contribution < 1.29 is 0 Å². The predicted molar refractivity (Wildman–Crippen MR) is 109 cm³/mol. The Hall–Kier alpha value is -1.50. The van der Waals surface area contributed by atoms with Gasteiger partial charge in [0.25, 0.3) is 0 Å². The van der Waals surface area contributed by atoms with Crippen LogP contribution in [0.2, 0.25) is 0 Å². The highest BCUT2D eigenvalue weighted by Crippen LogP contribution is 2.37. The Morgan fingerprint density at radius 1 is 1.04 bits per heavy atom. The fourth-order valence-corrected chi connectivity index (χ4v) is 5.48. The van der Waals surface area contributed by atoms with Crippen molar-refractivity contribution in [2.24, 2.45) is 5.92 Å². The van der Waals surface area contributed by atoms with Gasteiger partial charge in [0.1, 0.15) is 0 Å². The first kappa shape index (κ1) is 17.6. The van der Waals surface area contributed by atoms with Gasteiger partial charge in [-0.15, -0.1) is 0 Å². The maximum atomic E-state index is 5.90. The molecule has 3 fully saturated rings. The lowest BCUT2D eigenvalue weighted by Gasteiger charge is -2.26. The van der Waals surface area contributed by atoms with Crippen molar-refractivity contribution in [3.05, 3.63) is 40.9 Å². The van der Waals surface area contributed by atoms with Gasteiger partial charge in [-0.3, -0.25) is 14.4 Å². The number of benzene rings is 1. The minimum atomic E-state index is 0.740. The van der Waals surface area contributed by atoms with Gasteiger partial charge in [-0.25, -0.2) is 4.68 Å². The Morgan fingerprint density at radius 3 is 2.56 bits per heavy atom. The standard InChI is InChI=1S/C21H29N5S/c27-21-25(16-24-14-17-9-10-19(24)13-17)22-20(15-23-11-5-2-6-12-23)26(21)18-7-3-1-4-8-18/h1,3-4,7-8,17,19H,2,5-6,9-16H2. The van der Waals surface area contributed by atoms with Gasteiger partial charge < -0.3 is 0 Å². The van der Waals surface area contributed by atoms with Crippen LogP contribution >= 0.6 is 12.2 Å². The number of rotatable bonds is 5. The molecule has 0 spiro atoms. The summed E-state index contributed by atoms with van der Waals surface area (Å²) in [5.74, 6) is 1.98. The second kappa shape index (κ2) is 7.49. The molecule has 0 N–H and O–H groups in total. The topological polar surface area (TPSA) is 29.2 Å². The number of aromatic nitrogens is 3. The number of nitrogens with zero attached hydrogens (tertiary/aromatic N) is 5. The van der Waals surface area contributed by atoms with E-state index >= 15 is 0 Å². The Labute approximate surface area is 166 Å². The fraction of sp³-hybridized carbons (Fsp3) is 0.619. The van der Waals surface area contributed by atoms with Crippen LogP contribution in [0.5, 0.6) is 0 Å². The summed E-state index contributed by atoms with van der Waals surface area (Å²) in [5, 5.41) is 5.02. The van der Waals surface area contributed by atoms with Crippen molar-refractivity contribution in [1.82, 2.24) is 24.1 Å². The number of hydrogen-bond donors (Lipinski definition) is 0. The van der Waals surface area contributed by atoms with E-state index < -0.39 is 0 Å². The van der Waals surface area contributed by atoms with Crippen LogP contribution in [0.4, 0.5) is 0 Å². The van der Waals surface area contributed by atoms with Gasteiger partial charge in [0, 0.05) is 18.3 Å². The minimum Gasteiger partial charge on any atom is -0.296 e. The Kier molecular flexibility index (Phi) is 4.88. The van der Waals surface area contributed by atoms with Crippen molar-refractivity contribution in [3.63, 3.8) is 0 Å². The number of para-hydroxylation sites is 1. The molecule has 3 heterocycles. The molecule has 1 aliphatic carbocycles. The number of piperidine rings is 2. The molecule has 1 saturated carbocycles. The van der Waals surface area contributed by atoms with Gasteiger partial charge in [-0.1, -0.05) is 24.6 Å². The lowest BCUT2D eigenvalue weighted by Crippen LogP contribution is -2.34. The van der Waals surface area contributed by atoms with E-state index in [1.807, 2.05) is 0 Å². The Bertz CT molecular complexity index is 836. The highest BCUT2D eigenvalue weighted by Gasteiger charge is 2.38. The molecule has 2 bridgehead atoms. The molecule has 27 heavy (non-hydrogen) atoms. The van der Waals surface area contributed by atoms with Crippen molar-refractivity contribution >= 4 is 12.2 Å². The van der Waals surface area contributed by atoms with Gasteiger partial charge in [0.05, 0.1) is 13.2 Å². The van der Waals surface area contributed by atoms with Crippen molar-refractivity contribution in [3.8, 4) is 5.69 Å². The van der Waals surface area contributed by atoms with Crippen LogP contribution in [0.15, 0.2) is 30.3 Å². The molecule has 0 radical (unpaired) electrons. The molecule has 2 aromatic rings. The third kappa shape index (κ3) is 3.50. The molecular weight excluding hydrogens is 354 g/mol. The molecule has 2 unspecified atom stereocenters. The van der Waals surface area contributed by atoms with Gasteiger partial charge >= 0.3 is 0 Å². The molecule has 5 rings (SSSR count). The zero-order chi connectivity index (χ0) is 18.2. The SMILES string of the molecule is S=c1n(CN2CC3CCC2C3)nc(CN2CCCCC2)n1-c1ccccc1. The smallest absolute Gasteiger partial charge is 0.203 e. The van der Waals surface area contributed by atoms with E-state index in [-0.39, 0.29) is 0 Å². The lowest BCUT2D eigenvalue weighted by atomic mass is 10.1. The summed E-state index contributed by atoms with van der Waals surface area (Å²) in [5.41, 5.74) is 1.13. The molecule has 144 valence electrons. The average Bonchev–Trinajstić information content (AvgIpc) is 3.39. The van der Waals surface area contributed by atoms with E-state index in [0.717, 1.165) is 41.5 Å². The first-order chi connectivity index (χ1) is 13.3. The molecule has 6 heteroatoms. The molecule has 0 amide bonds. The van der Waals surface area contributed by atoms with Crippen LogP contribution in [0.1, 0.15) is 44.3 Å². The van der Waals surface area contributed by atoms with Crippen LogP contribution in [0.25, 0.3) is 5.69 Å². The summed E-state index contributed by atoms with van der Waals surface area (Å²) >= 11 is 5.90. The second-order valence-corrected chi connectivity index (χ2v) is 8.82. The van der Waals surface area contributed by atoms with E-state index in [1.54, 1.807) is 0 Å². The molecule has 1 aromatic carbocycles. The number of likely N-dealkylation sites (tertiary alicyclic amines) is 2. The van der Waals surface area contributed by atoms with E-state index in [9.17, 15) is 0 Å². The average molecular weight is 384 g/mol. The summed E-state index contributed by atoms with van der Waals surface area (Å²) in [4.78, 5) is 5.12. The summed E-state index contributed by atoms with van der Waals surface area (Å²) < 4.78 is 5.09. The maximum absolute atomic E-state index is 5.90. The number of fused-ring (bicyclic) bond motifs is 2. The molecule has 2 atom stereocenters. The zero-order valence-corrected chi connectivity index (χ0v) is 16.8. The van der Waals surface area contributed by atoms with E-state index in [2.05, 4.69) is 49.4 Å². The largest absolute Gasteiger partial charge is 0.296 e. The maximum Gasteiger partial charge on any atom is 0.203 e. The van der Waals surface area contributed by atoms with Gasteiger partial charge in [-0.05, 0) is 75.5 Å². The van der Waals surface area contributed by atoms with Gasteiger partial charge in [0.15, 0.2) is 5.82 Å². The first-order valence-electron chi connectivity index (χ1n) is 10.5. The monoisotopic (exact) mass is 383 g/mol. The van der Waals surface area contributed by atoms with E-state index in [4.69, 9.17) is 17.3 Å². The Morgan fingerprint density at radius 2 is 1.85 bits per heavy atom. The highest BCUT2D eigenvalue weighted by atomic mass is 32.1. The van der Waals surface area contributed by atoms with Crippen LogP contribution in [0, 0.1) is 10.7 Å². The van der Waals surface area contributed by atoms with Gasteiger partial charge in [0.2, 0.25) is 4.77 Å². The summed E-state index contributed by atoms with van der Waals surface area (Å²) in [7, 11) is 0. The second-order valence-electron chi connectivity index (χ2n) is 8.45. The van der Waals surface area contributed by atoms with Gasteiger partial charge in [-0.2, -0.15) is 5.10 Å². The fourth-order valence-electron chi connectivity index (χ4n) is 5.17. The van der Waals surface area contributed by atoms with E-state index in [0.29, 0.717) is 0 Å². The molecule has 2 saturated heterocycles. The first-order valence-corrected chi connectivity index (χ1v) is 10.9. The molecular formula is C21H29N5S. The number of hydrogen-bond acceptors (Lipinski definition) is 4. The van der Waals surface area contributed by atoms with Crippen LogP contribution in [-0.2, 0) is 13.2 Å². The molecule has 3 aliphatic rings. The summed E-state index contributed by atoms with van der Waals surface area (Å²) in [6.45, 7) is 5.28. The van der Waals surface area contributed by atoms with Crippen molar-refractivity contribution in [2.75, 3.05) is 19.6 Å². The zero-order valence-electron chi connectivity index (χ0n) is 16.0. The van der Waals surface area contributed by atoms with Crippen LogP contribution in [0.3, 0.4) is 0 Å². The molecule has 5 nitrogen and oxygen atoms in total.